The molecule has 23 heavy (non-hydrogen) atoms. The number of fused-ring (bicyclic) bond motifs is 1. The number of carbonyl (C=O) groups is 1. The first-order chi connectivity index (χ1) is 11.1. The molecule has 0 radical (unpaired) electrons. The second-order valence-corrected chi connectivity index (χ2v) is 6.67. The summed E-state index contributed by atoms with van der Waals surface area (Å²) >= 11 is 6.94. The molecule has 1 N–H and O–H groups in total. The van der Waals surface area contributed by atoms with Crippen LogP contribution in [0.25, 0.3) is 10.8 Å². The van der Waals surface area contributed by atoms with Crippen LogP contribution in [-0.2, 0) is 0 Å². The Balaban J connectivity index is 2.06. The van der Waals surface area contributed by atoms with Crippen molar-refractivity contribution < 1.29 is 9.53 Å². The Morgan fingerprint density at radius 1 is 1.04 bits per heavy atom. The molecule has 116 valence electrons. The highest BCUT2D eigenvalue weighted by atomic mass is 79.9. The van der Waals surface area contributed by atoms with Gasteiger partial charge < -0.3 is 10.1 Å². The molecule has 0 aliphatic rings. The number of rotatable bonds is 3. The van der Waals surface area contributed by atoms with Crippen molar-refractivity contribution in [2.75, 3.05) is 12.4 Å². The molecule has 0 aliphatic carbocycles. The lowest BCUT2D eigenvalue weighted by Gasteiger charge is -2.13. The van der Waals surface area contributed by atoms with Crippen LogP contribution in [-0.4, -0.2) is 13.0 Å². The predicted octanol–water partition coefficient (Wildman–Crippen LogP) is 5.63. The molecule has 0 aliphatic heterocycles. The lowest BCUT2D eigenvalue weighted by Crippen LogP contribution is -2.13. The summed E-state index contributed by atoms with van der Waals surface area (Å²) in [6.07, 6.45) is 0. The summed E-state index contributed by atoms with van der Waals surface area (Å²) < 4.78 is 7.13. The molecule has 0 saturated heterocycles. The number of halogens is 2. The third-order valence-corrected chi connectivity index (χ3v) is 4.75. The summed E-state index contributed by atoms with van der Waals surface area (Å²) in [4.78, 5) is 12.7. The van der Waals surface area contributed by atoms with E-state index in [0.29, 0.717) is 11.3 Å². The molecule has 0 aromatic heterocycles. The highest BCUT2D eigenvalue weighted by Gasteiger charge is 2.18. The van der Waals surface area contributed by atoms with E-state index < -0.39 is 0 Å². The number of amides is 1. The highest BCUT2D eigenvalue weighted by molar-refractivity contribution is 9.11. The van der Waals surface area contributed by atoms with Crippen LogP contribution < -0.4 is 10.1 Å². The minimum absolute atomic E-state index is 0.216. The average Bonchev–Trinajstić information content (AvgIpc) is 2.55. The summed E-state index contributed by atoms with van der Waals surface area (Å²) in [6, 6.07) is 17.1. The number of carbonyl (C=O) groups excluding carboxylic acids is 1. The number of anilines is 1. The Hall–Kier alpha value is -1.85. The van der Waals surface area contributed by atoms with Crippen molar-refractivity contribution in [3.8, 4) is 5.75 Å². The van der Waals surface area contributed by atoms with Crippen molar-refractivity contribution in [1.82, 2.24) is 0 Å². The number of hydrogen-bond acceptors (Lipinski definition) is 2. The second-order valence-electron chi connectivity index (χ2n) is 4.96. The Labute approximate surface area is 150 Å². The first-order valence-corrected chi connectivity index (χ1v) is 8.51. The molecule has 0 fully saturated rings. The zero-order chi connectivity index (χ0) is 16.4. The van der Waals surface area contributed by atoms with Gasteiger partial charge in [0.25, 0.3) is 5.91 Å². The fourth-order valence-electron chi connectivity index (χ4n) is 2.42. The summed E-state index contributed by atoms with van der Waals surface area (Å²) in [5.74, 6) is 0.308. The van der Waals surface area contributed by atoms with Crippen LogP contribution in [0.3, 0.4) is 0 Å². The molecule has 3 aromatic rings. The normalized spacial score (nSPS) is 10.6. The number of nitrogens with one attached hydrogen (secondary N) is 1. The zero-order valence-electron chi connectivity index (χ0n) is 12.3. The van der Waals surface area contributed by atoms with Crippen LogP contribution in [0.5, 0.6) is 5.75 Å². The topological polar surface area (TPSA) is 38.3 Å². The van der Waals surface area contributed by atoms with Gasteiger partial charge in [0.05, 0.1) is 17.1 Å². The first kappa shape index (κ1) is 16.0. The van der Waals surface area contributed by atoms with Gasteiger partial charge in [-0.3, -0.25) is 4.79 Å². The number of hydrogen-bond donors (Lipinski definition) is 1. The molecule has 0 unspecified atom stereocenters. The zero-order valence-corrected chi connectivity index (χ0v) is 15.4. The maximum absolute atomic E-state index is 12.7. The first-order valence-electron chi connectivity index (χ1n) is 6.92. The third-order valence-electron chi connectivity index (χ3n) is 3.47. The molecular weight excluding hydrogens is 422 g/mol. The van der Waals surface area contributed by atoms with E-state index in [1.54, 1.807) is 7.11 Å². The van der Waals surface area contributed by atoms with E-state index in [1.165, 1.54) is 0 Å². The lowest BCUT2D eigenvalue weighted by molar-refractivity contribution is 0.102. The highest BCUT2D eigenvalue weighted by Crippen LogP contribution is 2.36. The number of benzene rings is 3. The molecule has 0 bridgehead atoms. The van der Waals surface area contributed by atoms with Gasteiger partial charge in [0.1, 0.15) is 5.75 Å². The Kier molecular flexibility index (Phi) is 4.68. The largest absolute Gasteiger partial charge is 0.495 e. The van der Waals surface area contributed by atoms with Gasteiger partial charge in [-0.2, -0.15) is 0 Å². The Morgan fingerprint density at radius 3 is 2.57 bits per heavy atom. The summed E-state index contributed by atoms with van der Waals surface area (Å²) in [5.41, 5.74) is 1.20. The van der Waals surface area contributed by atoms with E-state index in [2.05, 4.69) is 37.2 Å². The molecule has 1 amide bonds. The number of ether oxygens (including phenoxy) is 1. The maximum atomic E-state index is 12.7. The van der Waals surface area contributed by atoms with Gasteiger partial charge in [-0.1, -0.05) is 46.3 Å². The van der Waals surface area contributed by atoms with E-state index in [9.17, 15) is 4.79 Å². The van der Waals surface area contributed by atoms with E-state index in [4.69, 9.17) is 4.74 Å². The van der Waals surface area contributed by atoms with Gasteiger partial charge in [-0.05, 0) is 51.0 Å². The predicted molar refractivity (Wildman–Crippen MR) is 100 cm³/mol. The van der Waals surface area contributed by atoms with Gasteiger partial charge >= 0.3 is 0 Å². The fourth-order valence-corrected chi connectivity index (χ4v) is 3.55. The van der Waals surface area contributed by atoms with Crippen LogP contribution in [0.4, 0.5) is 5.69 Å². The summed E-state index contributed by atoms with van der Waals surface area (Å²) in [5, 5.41) is 4.87. The Morgan fingerprint density at radius 2 is 1.83 bits per heavy atom. The fraction of sp³-hybridized carbons (Fsp3) is 0.0556. The maximum Gasteiger partial charge on any atom is 0.259 e. The van der Waals surface area contributed by atoms with Crippen LogP contribution in [0.15, 0.2) is 63.5 Å². The van der Waals surface area contributed by atoms with Crippen LogP contribution in [0, 0.1) is 0 Å². The van der Waals surface area contributed by atoms with Crippen LogP contribution >= 0.6 is 31.9 Å². The summed E-state index contributed by atoms with van der Waals surface area (Å²) in [6.45, 7) is 0. The monoisotopic (exact) mass is 433 g/mol. The van der Waals surface area contributed by atoms with E-state index >= 15 is 0 Å². The summed E-state index contributed by atoms with van der Waals surface area (Å²) in [7, 11) is 1.56. The molecule has 3 nitrogen and oxygen atoms in total. The van der Waals surface area contributed by atoms with Gasteiger partial charge in [0, 0.05) is 10.2 Å². The minimum Gasteiger partial charge on any atom is -0.495 e. The molecule has 0 atom stereocenters. The Bertz CT molecular complexity index is 893. The molecular formula is C18H13Br2NO2. The van der Waals surface area contributed by atoms with Gasteiger partial charge in [-0.15, -0.1) is 0 Å². The molecule has 3 rings (SSSR count). The van der Waals surface area contributed by atoms with Gasteiger partial charge in [0.15, 0.2) is 0 Å². The van der Waals surface area contributed by atoms with Crippen LogP contribution in [0.2, 0.25) is 0 Å². The van der Waals surface area contributed by atoms with Crippen molar-refractivity contribution in [1.29, 1.82) is 0 Å². The van der Waals surface area contributed by atoms with E-state index in [0.717, 1.165) is 25.4 Å². The third kappa shape index (κ3) is 3.26. The van der Waals surface area contributed by atoms with Crippen molar-refractivity contribution in [3.63, 3.8) is 0 Å². The van der Waals surface area contributed by atoms with E-state index in [-0.39, 0.29) is 5.91 Å². The van der Waals surface area contributed by atoms with Crippen molar-refractivity contribution in [3.05, 3.63) is 69.1 Å². The van der Waals surface area contributed by atoms with E-state index in [1.807, 2.05) is 54.6 Å². The molecule has 5 heteroatoms. The van der Waals surface area contributed by atoms with Crippen molar-refractivity contribution >= 4 is 54.2 Å². The lowest BCUT2D eigenvalue weighted by atomic mass is 10.1. The quantitative estimate of drug-likeness (QED) is 0.580. The minimum atomic E-state index is -0.216. The number of methoxy groups -OCH3 is 1. The van der Waals surface area contributed by atoms with Crippen LogP contribution in [0.1, 0.15) is 10.4 Å². The average molecular weight is 435 g/mol. The molecule has 0 saturated carbocycles. The van der Waals surface area contributed by atoms with Gasteiger partial charge in [-0.25, -0.2) is 0 Å². The van der Waals surface area contributed by atoms with Crippen molar-refractivity contribution in [2.24, 2.45) is 0 Å². The standard InChI is InChI=1S/C18H13Br2NO2/c1-23-17-15(9-11-5-2-3-8-14(11)16(17)20)18(22)21-13-7-4-6-12(19)10-13/h2-10H,1H3,(H,21,22). The second kappa shape index (κ2) is 6.72. The molecule has 3 aromatic carbocycles. The molecule has 0 spiro atoms. The SMILES string of the molecule is COc1c(C(=O)Nc2cccc(Br)c2)cc2ccccc2c1Br. The molecule has 0 heterocycles. The smallest absolute Gasteiger partial charge is 0.259 e. The van der Waals surface area contributed by atoms with Crippen molar-refractivity contribution in [2.45, 2.75) is 0 Å². The van der Waals surface area contributed by atoms with Gasteiger partial charge in [0.2, 0.25) is 0 Å².